The molecule has 0 bridgehead atoms. The lowest BCUT2D eigenvalue weighted by Crippen LogP contribution is -2.31. The van der Waals surface area contributed by atoms with E-state index in [1.807, 2.05) is 30.3 Å². The van der Waals surface area contributed by atoms with Crippen LogP contribution in [-0.2, 0) is 9.53 Å². The molecular weight excluding hydrogens is 322 g/mol. The molecule has 1 aromatic heterocycles. The summed E-state index contributed by atoms with van der Waals surface area (Å²) in [7, 11) is 0. The number of hydrogen-bond donors (Lipinski definition) is 2. The van der Waals surface area contributed by atoms with Gasteiger partial charge in [-0.25, -0.2) is 4.79 Å². The summed E-state index contributed by atoms with van der Waals surface area (Å²) < 4.78 is 10.6. The second-order valence-corrected chi connectivity index (χ2v) is 5.57. The van der Waals surface area contributed by atoms with Gasteiger partial charge in [-0.3, -0.25) is 4.79 Å². The van der Waals surface area contributed by atoms with E-state index in [2.05, 4.69) is 5.32 Å². The Bertz CT molecular complexity index is 882. The van der Waals surface area contributed by atoms with Gasteiger partial charge in [0.05, 0.1) is 6.04 Å². The van der Waals surface area contributed by atoms with Gasteiger partial charge in [0.2, 0.25) is 0 Å². The number of esters is 1. The molecule has 0 saturated heterocycles. The van der Waals surface area contributed by atoms with E-state index in [0.717, 1.165) is 11.0 Å². The van der Waals surface area contributed by atoms with Crippen LogP contribution in [-0.4, -0.2) is 23.6 Å². The van der Waals surface area contributed by atoms with Gasteiger partial charge in [0.25, 0.3) is 5.91 Å². The van der Waals surface area contributed by atoms with Crippen LogP contribution in [0.1, 0.15) is 29.1 Å². The fraction of sp³-hybridized carbons (Fsp3) is 0.158. The molecule has 0 unspecified atom stereocenters. The SMILES string of the molecule is C[C@H](NC(=O)COC(=O)c1ccccc1O)c1cc2ccccc2o1. The van der Waals surface area contributed by atoms with Gasteiger partial charge in [-0.1, -0.05) is 30.3 Å². The lowest BCUT2D eigenvalue weighted by molar-refractivity contribution is -0.125. The maximum absolute atomic E-state index is 12.0. The van der Waals surface area contributed by atoms with Gasteiger partial charge in [0.1, 0.15) is 22.7 Å². The fourth-order valence-corrected chi connectivity index (χ4v) is 2.43. The first kappa shape index (κ1) is 16.6. The molecule has 1 amide bonds. The van der Waals surface area contributed by atoms with Crippen molar-refractivity contribution in [1.82, 2.24) is 5.32 Å². The number of hydrogen-bond acceptors (Lipinski definition) is 5. The average molecular weight is 339 g/mol. The van der Waals surface area contributed by atoms with Crippen LogP contribution in [0.2, 0.25) is 0 Å². The molecule has 1 heterocycles. The Morgan fingerprint density at radius 2 is 1.88 bits per heavy atom. The first-order valence-corrected chi connectivity index (χ1v) is 7.77. The summed E-state index contributed by atoms with van der Waals surface area (Å²) >= 11 is 0. The predicted octanol–water partition coefficient (Wildman–Crippen LogP) is 3.17. The first-order valence-electron chi connectivity index (χ1n) is 7.77. The largest absolute Gasteiger partial charge is 0.507 e. The van der Waals surface area contributed by atoms with Gasteiger partial charge >= 0.3 is 5.97 Å². The van der Waals surface area contributed by atoms with Crippen LogP contribution in [0, 0.1) is 0 Å². The highest BCUT2D eigenvalue weighted by molar-refractivity contribution is 5.93. The van der Waals surface area contributed by atoms with E-state index in [1.54, 1.807) is 19.1 Å². The summed E-state index contributed by atoms with van der Waals surface area (Å²) in [6, 6.07) is 15.0. The van der Waals surface area contributed by atoms with Gasteiger partial charge in [-0.05, 0) is 31.2 Å². The summed E-state index contributed by atoms with van der Waals surface area (Å²) in [6.07, 6.45) is 0. The molecule has 1 atom stereocenters. The Kier molecular flexibility index (Phi) is 4.70. The molecule has 2 aromatic carbocycles. The molecule has 2 N–H and O–H groups in total. The highest BCUT2D eigenvalue weighted by Crippen LogP contribution is 2.23. The third-order valence-corrected chi connectivity index (χ3v) is 3.71. The van der Waals surface area contributed by atoms with Crippen molar-refractivity contribution in [2.75, 3.05) is 6.61 Å². The van der Waals surface area contributed by atoms with Gasteiger partial charge in [-0.2, -0.15) is 0 Å². The molecule has 0 aliphatic rings. The highest BCUT2D eigenvalue weighted by Gasteiger charge is 2.17. The van der Waals surface area contributed by atoms with Crippen molar-refractivity contribution in [3.05, 3.63) is 65.9 Å². The van der Waals surface area contributed by atoms with E-state index in [9.17, 15) is 14.7 Å². The molecule has 6 nitrogen and oxygen atoms in total. The van der Waals surface area contributed by atoms with Crippen molar-refractivity contribution in [2.24, 2.45) is 0 Å². The smallest absolute Gasteiger partial charge is 0.342 e. The summed E-state index contributed by atoms with van der Waals surface area (Å²) in [4.78, 5) is 23.8. The quantitative estimate of drug-likeness (QED) is 0.697. The van der Waals surface area contributed by atoms with E-state index in [1.165, 1.54) is 12.1 Å². The van der Waals surface area contributed by atoms with E-state index >= 15 is 0 Å². The maximum Gasteiger partial charge on any atom is 0.342 e. The zero-order valence-corrected chi connectivity index (χ0v) is 13.6. The summed E-state index contributed by atoms with van der Waals surface area (Å²) in [5.74, 6) is -0.800. The van der Waals surface area contributed by atoms with Crippen LogP contribution in [0.3, 0.4) is 0 Å². The summed E-state index contributed by atoms with van der Waals surface area (Å²) in [6.45, 7) is 1.33. The molecule has 0 aliphatic heterocycles. The number of aromatic hydroxyl groups is 1. The number of fused-ring (bicyclic) bond motifs is 1. The second kappa shape index (κ2) is 7.09. The van der Waals surface area contributed by atoms with Crippen molar-refractivity contribution in [1.29, 1.82) is 0 Å². The highest BCUT2D eigenvalue weighted by atomic mass is 16.5. The van der Waals surface area contributed by atoms with E-state index in [0.29, 0.717) is 5.76 Å². The topological polar surface area (TPSA) is 88.8 Å². The van der Waals surface area contributed by atoms with Crippen LogP contribution in [0.15, 0.2) is 59.0 Å². The number of carbonyl (C=O) groups excluding carboxylic acids is 2. The van der Waals surface area contributed by atoms with E-state index in [4.69, 9.17) is 9.15 Å². The number of carbonyl (C=O) groups is 2. The van der Waals surface area contributed by atoms with Crippen LogP contribution >= 0.6 is 0 Å². The number of ether oxygens (including phenoxy) is 1. The Hall–Kier alpha value is -3.28. The van der Waals surface area contributed by atoms with Crippen LogP contribution in [0.5, 0.6) is 5.75 Å². The molecule has 0 radical (unpaired) electrons. The van der Waals surface area contributed by atoms with Crippen molar-refractivity contribution in [3.63, 3.8) is 0 Å². The number of phenols is 1. The number of benzene rings is 2. The van der Waals surface area contributed by atoms with Crippen molar-refractivity contribution in [2.45, 2.75) is 13.0 Å². The fourth-order valence-electron chi connectivity index (χ4n) is 2.43. The zero-order chi connectivity index (χ0) is 17.8. The minimum Gasteiger partial charge on any atom is -0.507 e. The van der Waals surface area contributed by atoms with Gasteiger partial charge < -0.3 is 19.6 Å². The Morgan fingerprint density at radius 3 is 2.64 bits per heavy atom. The van der Waals surface area contributed by atoms with Crippen molar-refractivity contribution >= 4 is 22.8 Å². The lowest BCUT2D eigenvalue weighted by Gasteiger charge is -2.11. The first-order chi connectivity index (χ1) is 12.0. The predicted molar refractivity (Wildman–Crippen MR) is 91.2 cm³/mol. The number of furan rings is 1. The van der Waals surface area contributed by atoms with E-state index in [-0.39, 0.29) is 17.4 Å². The molecule has 25 heavy (non-hydrogen) atoms. The molecular formula is C19H17NO5. The summed E-state index contributed by atoms with van der Waals surface area (Å²) in [5, 5.41) is 13.3. The Morgan fingerprint density at radius 1 is 1.16 bits per heavy atom. The average Bonchev–Trinajstić information content (AvgIpc) is 3.04. The van der Waals surface area contributed by atoms with Crippen LogP contribution < -0.4 is 5.32 Å². The lowest BCUT2D eigenvalue weighted by atomic mass is 10.2. The third-order valence-electron chi connectivity index (χ3n) is 3.71. The minimum atomic E-state index is -0.760. The van der Waals surface area contributed by atoms with Crippen LogP contribution in [0.4, 0.5) is 0 Å². The molecule has 6 heteroatoms. The molecule has 128 valence electrons. The molecule has 0 spiro atoms. The van der Waals surface area contributed by atoms with Gasteiger partial charge in [-0.15, -0.1) is 0 Å². The Balaban J connectivity index is 1.57. The minimum absolute atomic E-state index is 0.0145. The van der Waals surface area contributed by atoms with Crippen molar-refractivity contribution < 1.29 is 23.8 Å². The van der Waals surface area contributed by atoms with E-state index < -0.39 is 18.5 Å². The second-order valence-electron chi connectivity index (χ2n) is 5.57. The molecule has 0 saturated carbocycles. The normalized spacial score (nSPS) is 11.9. The zero-order valence-electron chi connectivity index (χ0n) is 13.6. The number of rotatable bonds is 5. The molecule has 0 aliphatic carbocycles. The molecule has 3 aromatic rings. The third kappa shape index (κ3) is 3.80. The number of nitrogens with one attached hydrogen (secondary N) is 1. The monoisotopic (exact) mass is 339 g/mol. The van der Waals surface area contributed by atoms with Crippen molar-refractivity contribution in [3.8, 4) is 5.75 Å². The molecule has 3 rings (SSSR count). The molecule has 0 fully saturated rings. The Labute approximate surface area is 144 Å². The number of phenolic OH excluding ortho intramolecular Hbond substituents is 1. The maximum atomic E-state index is 12.0. The van der Waals surface area contributed by atoms with Gasteiger partial charge in [0.15, 0.2) is 6.61 Å². The number of para-hydroxylation sites is 2. The standard InChI is InChI=1S/C19H17NO5/c1-12(17-10-13-6-2-5-9-16(13)25-17)20-18(22)11-24-19(23)14-7-3-4-8-15(14)21/h2-10,12,21H,11H2,1H3,(H,20,22)/t12-/m0/s1. The van der Waals surface area contributed by atoms with Crippen LogP contribution in [0.25, 0.3) is 11.0 Å². The number of amides is 1. The summed E-state index contributed by atoms with van der Waals surface area (Å²) in [5.41, 5.74) is 0.755. The van der Waals surface area contributed by atoms with Gasteiger partial charge in [0, 0.05) is 5.39 Å².